The number of aryl methyl sites for hydroxylation is 1. The van der Waals surface area contributed by atoms with E-state index in [0.29, 0.717) is 11.3 Å². The van der Waals surface area contributed by atoms with Crippen LogP contribution in [0.2, 0.25) is 0 Å². The summed E-state index contributed by atoms with van der Waals surface area (Å²) in [5.41, 5.74) is 0. The lowest BCUT2D eigenvalue weighted by molar-refractivity contribution is 0.197. The van der Waals surface area contributed by atoms with Crippen molar-refractivity contribution in [2.45, 2.75) is 19.8 Å². The SMILES string of the molecule is CCc1ncc(C(=N)OC(=N)C(F)F)s1. The van der Waals surface area contributed by atoms with Crippen molar-refractivity contribution in [1.82, 2.24) is 4.98 Å². The van der Waals surface area contributed by atoms with Crippen molar-refractivity contribution in [3.8, 4) is 0 Å². The Kier molecular flexibility index (Phi) is 3.84. The van der Waals surface area contributed by atoms with E-state index < -0.39 is 18.2 Å². The largest absolute Gasteiger partial charge is 0.418 e. The Labute approximate surface area is 88.9 Å². The van der Waals surface area contributed by atoms with Crippen LogP contribution in [0.15, 0.2) is 6.20 Å². The number of ether oxygens (including phenoxy) is 1. The monoisotopic (exact) mass is 233 g/mol. The molecule has 1 heterocycles. The average Bonchev–Trinajstić information content (AvgIpc) is 2.65. The van der Waals surface area contributed by atoms with Crippen molar-refractivity contribution < 1.29 is 13.5 Å². The summed E-state index contributed by atoms with van der Waals surface area (Å²) in [6.07, 6.45) is -0.904. The van der Waals surface area contributed by atoms with Crippen LogP contribution in [0.5, 0.6) is 0 Å². The lowest BCUT2D eigenvalue weighted by Gasteiger charge is -2.04. The molecular formula is C8H9F2N3OS. The zero-order valence-electron chi connectivity index (χ0n) is 7.88. The number of hydrogen-bond acceptors (Lipinski definition) is 5. The first kappa shape index (κ1) is 11.7. The Morgan fingerprint density at radius 2 is 2.27 bits per heavy atom. The number of rotatable bonds is 3. The maximum Gasteiger partial charge on any atom is 0.312 e. The van der Waals surface area contributed by atoms with E-state index in [1.165, 1.54) is 17.5 Å². The summed E-state index contributed by atoms with van der Waals surface area (Å²) in [5.74, 6) is -1.68. The van der Waals surface area contributed by atoms with Crippen molar-refractivity contribution in [3.05, 3.63) is 16.1 Å². The van der Waals surface area contributed by atoms with Gasteiger partial charge in [0.15, 0.2) is 0 Å². The number of halogens is 2. The predicted octanol–water partition coefficient (Wildman–Crippen LogP) is 2.29. The minimum Gasteiger partial charge on any atom is -0.418 e. The molecule has 7 heteroatoms. The van der Waals surface area contributed by atoms with Crippen LogP contribution in [0, 0.1) is 10.8 Å². The second-order valence-corrected chi connectivity index (χ2v) is 3.68. The number of nitrogens with one attached hydrogen (secondary N) is 2. The second kappa shape index (κ2) is 4.92. The molecule has 2 N–H and O–H groups in total. The molecule has 0 atom stereocenters. The summed E-state index contributed by atoms with van der Waals surface area (Å²) in [5, 5.41) is 14.9. The lowest BCUT2D eigenvalue weighted by Crippen LogP contribution is -2.17. The molecule has 0 amide bonds. The fourth-order valence-electron chi connectivity index (χ4n) is 0.783. The molecule has 0 aliphatic heterocycles. The normalized spacial score (nSPS) is 10.4. The minimum absolute atomic E-state index is 0.345. The standard InChI is InChI=1S/C8H9F2N3OS/c1-2-5-13-3-4(15-5)7(11)14-8(12)6(9)10/h3,6,11-12H,2H2,1H3. The van der Waals surface area contributed by atoms with Gasteiger partial charge in [0.25, 0.3) is 5.90 Å². The molecule has 0 saturated heterocycles. The third-order valence-electron chi connectivity index (χ3n) is 1.49. The van der Waals surface area contributed by atoms with Gasteiger partial charge in [0, 0.05) is 0 Å². The van der Waals surface area contributed by atoms with Crippen molar-refractivity contribution in [3.63, 3.8) is 0 Å². The third kappa shape index (κ3) is 3.05. The van der Waals surface area contributed by atoms with Gasteiger partial charge in [0.2, 0.25) is 5.90 Å². The molecule has 0 aliphatic carbocycles. The fourth-order valence-corrected chi connectivity index (χ4v) is 1.53. The molecular weight excluding hydrogens is 224 g/mol. The molecule has 0 aliphatic rings. The van der Waals surface area contributed by atoms with E-state index in [9.17, 15) is 8.78 Å². The molecule has 0 fully saturated rings. The third-order valence-corrected chi connectivity index (χ3v) is 2.63. The van der Waals surface area contributed by atoms with Gasteiger partial charge in [-0.1, -0.05) is 6.92 Å². The van der Waals surface area contributed by atoms with Crippen LogP contribution in [0.3, 0.4) is 0 Å². The van der Waals surface area contributed by atoms with E-state index in [-0.39, 0.29) is 0 Å². The van der Waals surface area contributed by atoms with Crippen molar-refractivity contribution in [1.29, 1.82) is 10.8 Å². The van der Waals surface area contributed by atoms with Gasteiger partial charge in [0.05, 0.1) is 11.2 Å². The molecule has 0 bridgehead atoms. The van der Waals surface area contributed by atoms with Crippen LogP contribution < -0.4 is 0 Å². The molecule has 4 nitrogen and oxygen atoms in total. The number of aromatic nitrogens is 1. The van der Waals surface area contributed by atoms with Crippen LogP contribution in [-0.2, 0) is 11.2 Å². The minimum atomic E-state index is -3.00. The predicted molar refractivity (Wildman–Crippen MR) is 53.1 cm³/mol. The fraction of sp³-hybridized carbons (Fsp3) is 0.375. The van der Waals surface area contributed by atoms with E-state index in [0.717, 1.165) is 5.01 Å². The number of hydrogen-bond donors (Lipinski definition) is 2. The molecule has 0 saturated carbocycles. The first-order valence-electron chi connectivity index (χ1n) is 4.12. The maximum atomic E-state index is 11.9. The Morgan fingerprint density at radius 1 is 1.60 bits per heavy atom. The first-order chi connectivity index (χ1) is 7.04. The van der Waals surface area contributed by atoms with Gasteiger partial charge in [0.1, 0.15) is 4.88 Å². The van der Waals surface area contributed by atoms with Crippen molar-refractivity contribution in [2.24, 2.45) is 0 Å². The van der Waals surface area contributed by atoms with Gasteiger partial charge in [-0.3, -0.25) is 10.8 Å². The Balaban J connectivity index is 2.65. The van der Waals surface area contributed by atoms with Crippen LogP contribution in [0.4, 0.5) is 8.78 Å². The van der Waals surface area contributed by atoms with E-state index in [1.807, 2.05) is 6.92 Å². The molecule has 1 aromatic heterocycles. The molecule has 0 unspecified atom stereocenters. The quantitative estimate of drug-likeness (QED) is 0.621. The summed E-state index contributed by atoms with van der Waals surface area (Å²) < 4.78 is 28.2. The molecule has 1 aromatic rings. The zero-order valence-corrected chi connectivity index (χ0v) is 8.70. The number of alkyl halides is 2. The molecule has 0 radical (unpaired) electrons. The van der Waals surface area contributed by atoms with Crippen LogP contribution in [0.25, 0.3) is 0 Å². The van der Waals surface area contributed by atoms with Crippen LogP contribution in [-0.4, -0.2) is 23.2 Å². The Morgan fingerprint density at radius 3 is 2.73 bits per heavy atom. The number of nitrogens with zero attached hydrogens (tertiary/aromatic N) is 1. The molecule has 82 valence electrons. The average molecular weight is 233 g/mol. The summed E-state index contributed by atoms with van der Waals surface area (Å²) in [6, 6.07) is 0. The van der Waals surface area contributed by atoms with Gasteiger partial charge in [-0.15, -0.1) is 11.3 Å². The van der Waals surface area contributed by atoms with E-state index in [2.05, 4.69) is 9.72 Å². The highest BCUT2D eigenvalue weighted by Gasteiger charge is 2.17. The van der Waals surface area contributed by atoms with E-state index >= 15 is 0 Å². The lowest BCUT2D eigenvalue weighted by atomic mass is 10.5. The molecule has 0 spiro atoms. The highest BCUT2D eigenvalue weighted by atomic mass is 32.1. The summed E-state index contributed by atoms with van der Waals surface area (Å²) in [4.78, 5) is 4.29. The zero-order chi connectivity index (χ0) is 11.4. The maximum absolute atomic E-state index is 11.9. The van der Waals surface area contributed by atoms with Gasteiger partial charge in [-0.2, -0.15) is 8.78 Å². The summed E-state index contributed by atoms with van der Waals surface area (Å²) in [6.45, 7) is 1.90. The summed E-state index contributed by atoms with van der Waals surface area (Å²) >= 11 is 1.19. The van der Waals surface area contributed by atoms with Crippen molar-refractivity contribution in [2.75, 3.05) is 0 Å². The van der Waals surface area contributed by atoms with Gasteiger partial charge >= 0.3 is 6.43 Å². The van der Waals surface area contributed by atoms with E-state index in [4.69, 9.17) is 10.8 Å². The molecule has 1 rings (SSSR count). The van der Waals surface area contributed by atoms with Crippen molar-refractivity contribution >= 4 is 23.1 Å². The topological polar surface area (TPSA) is 69.8 Å². The Bertz CT molecular complexity index is 378. The van der Waals surface area contributed by atoms with Crippen LogP contribution in [0.1, 0.15) is 16.8 Å². The Hall–Kier alpha value is -1.37. The molecule has 15 heavy (non-hydrogen) atoms. The van der Waals surface area contributed by atoms with Gasteiger partial charge in [-0.25, -0.2) is 4.98 Å². The molecule has 0 aromatic carbocycles. The van der Waals surface area contributed by atoms with Gasteiger partial charge in [-0.05, 0) is 6.42 Å². The number of thiazole rings is 1. The first-order valence-corrected chi connectivity index (χ1v) is 4.94. The summed E-state index contributed by atoms with van der Waals surface area (Å²) in [7, 11) is 0. The highest BCUT2D eigenvalue weighted by molar-refractivity contribution is 7.13. The smallest absolute Gasteiger partial charge is 0.312 e. The second-order valence-electron chi connectivity index (χ2n) is 2.57. The van der Waals surface area contributed by atoms with Gasteiger partial charge < -0.3 is 4.74 Å². The van der Waals surface area contributed by atoms with Crippen LogP contribution >= 0.6 is 11.3 Å². The highest BCUT2D eigenvalue weighted by Crippen LogP contribution is 2.15. The van der Waals surface area contributed by atoms with E-state index in [1.54, 1.807) is 0 Å².